The summed E-state index contributed by atoms with van der Waals surface area (Å²) in [6, 6.07) is 5.54. The molecule has 0 saturated heterocycles. The fourth-order valence-corrected chi connectivity index (χ4v) is 1.39. The van der Waals surface area contributed by atoms with E-state index in [0.717, 1.165) is 28.9 Å². The van der Waals surface area contributed by atoms with Crippen LogP contribution in [-0.2, 0) is 9.59 Å². The lowest BCUT2D eigenvalue weighted by molar-refractivity contribution is -0.131. The summed E-state index contributed by atoms with van der Waals surface area (Å²) in [5, 5.41) is 11.0. The van der Waals surface area contributed by atoms with Crippen LogP contribution in [0.2, 0.25) is 0 Å². The van der Waals surface area contributed by atoms with Crippen LogP contribution < -0.4 is 5.32 Å². The number of nitrogens with one attached hydrogen (secondary N) is 1. The van der Waals surface area contributed by atoms with Crippen LogP contribution in [0, 0.1) is 6.92 Å². The van der Waals surface area contributed by atoms with Gasteiger partial charge in [0, 0.05) is 17.8 Å². The number of rotatable bonds is 4. The summed E-state index contributed by atoms with van der Waals surface area (Å²) in [6.45, 7) is 7.61. The molecule has 0 aromatic heterocycles. The average Bonchev–Trinajstić information content (AvgIpc) is 2.29. The number of hydrogen-bond acceptors (Lipinski definition) is 2. The number of aliphatic carboxylic acids is 1. The van der Waals surface area contributed by atoms with E-state index in [0.29, 0.717) is 5.69 Å². The minimum absolute atomic E-state index is 0.469. The van der Waals surface area contributed by atoms with Gasteiger partial charge in [0.2, 0.25) is 5.91 Å². The molecule has 1 amide bonds. The van der Waals surface area contributed by atoms with Gasteiger partial charge in [-0.05, 0) is 37.1 Å². The molecule has 0 saturated carbocycles. The number of benzene rings is 1. The van der Waals surface area contributed by atoms with Gasteiger partial charge in [-0.25, -0.2) is 4.79 Å². The molecule has 0 radical (unpaired) electrons. The summed E-state index contributed by atoms with van der Waals surface area (Å²) in [4.78, 5) is 21.7. The zero-order valence-electron chi connectivity index (χ0n) is 10.4. The number of anilines is 1. The first-order valence-corrected chi connectivity index (χ1v) is 5.38. The van der Waals surface area contributed by atoms with Crippen molar-refractivity contribution in [3.05, 3.63) is 48.1 Å². The van der Waals surface area contributed by atoms with E-state index in [9.17, 15) is 9.59 Å². The molecule has 0 bridgehead atoms. The van der Waals surface area contributed by atoms with Crippen molar-refractivity contribution in [3.8, 4) is 0 Å². The van der Waals surface area contributed by atoms with Crippen LogP contribution in [0.25, 0.3) is 5.57 Å². The van der Waals surface area contributed by atoms with Crippen LogP contribution in [0.5, 0.6) is 0 Å². The Kier molecular flexibility index (Phi) is 4.43. The van der Waals surface area contributed by atoms with Gasteiger partial charge in [-0.2, -0.15) is 0 Å². The molecule has 0 heterocycles. The van der Waals surface area contributed by atoms with E-state index in [1.807, 2.05) is 26.0 Å². The Balaban J connectivity index is 2.83. The minimum Gasteiger partial charge on any atom is -0.478 e. The van der Waals surface area contributed by atoms with Gasteiger partial charge in [0.15, 0.2) is 0 Å². The Morgan fingerprint density at radius 3 is 2.50 bits per heavy atom. The van der Waals surface area contributed by atoms with Crippen molar-refractivity contribution < 1.29 is 14.7 Å². The van der Waals surface area contributed by atoms with Crippen molar-refractivity contribution in [2.45, 2.75) is 13.8 Å². The summed E-state index contributed by atoms with van der Waals surface area (Å²) in [6.07, 6.45) is 1.78. The van der Waals surface area contributed by atoms with E-state index in [2.05, 4.69) is 11.9 Å². The Morgan fingerprint density at radius 1 is 1.33 bits per heavy atom. The molecule has 94 valence electrons. The minimum atomic E-state index is -1.15. The molecule has 1 rings (SSSR count). The molecular weight excluding hydrogens is 230 g/mol. The second-order valence-corrected chi connectivity index (χ2v) is 3.97. The van der Waals surface area contributed by atoms with Crippen molar-refractivity contribution in [1.82, 2.24) is 0 Å². The fraction of sp³-hybridized carbons (Fsp3) is 0.143. The highest BCUT2D eigenvalue weighted by Crippen LogP contribution is 2.20. The van der Waals surface area contributed by atoms with Gasteiger partial charge in [-0.15, -0.1) is 0 Å². The number of amides is 1. The summed E-state index contributed by atoms with van der Waals surface area (Å²) in [5.74, 6) is -1.62. The normalized spacial score (nSPS) is 10.3. The summed E-state index contributed by atoms with van der Waals surface area (Å²) in [5.41, 5.74) is 3.50. The zero-order valence-corrected chi connectivity index (χ0v) is 10.4. The third kappa shape index (κ3) is 3.90. The zero-order chi connectivity index (χ0) is 13.7. The first-order chi connectivity index (χ1) is 8.40. The number of carbonyl (C=O) groups excluding carboxylic acids is 1. The molecule has 0 atom stereocenters. The maximum atomic E-state index is 11.4. The standard InChI is InChI=1S/C14H15NO3/c1-9(2)11-4-5-12(10(3)8-11)15-13(16)6-7-14(17)18/h4-8H,1H2,2-3H3,(H,15,16)(H,17,18). The van der Waals surface area contributed by atoms with Crippen LogP contribution in [0.15, 0.2) is 36.9 Å². The number of carbonyl (C=O) groups is 2. The quantitative estimate of drug-likeness (QED) is 0.801. The van der Waals surface area contributed by atoms with Crippen molar-refractivity contribution >= 4 is 23.1 Å². The molecule has 1 aromatic rings. The van der Waals surface area contributed by atoms with Crippen LogP contribution in [0.3, 0.4) is 0 Å². The van der Waals surface area contributed by atoms with Gasteiger partial charge in [0.1, 0.15) is 0 Å². The van der Waals surface area contributed by atoms with Crippen molar-refractivity contribution in [2.75, 3.05) is 5.32 Å². The van der Waals surface area contributed by atoms with Crippen LogP contribution in [0.1, 0.15) is 18.1 Å². The predicted octanol–water partition coefficient (Wildman–Crippen LogP) is 2.61. The summed E-state index contributed by atoms with van der Waals surface area (Å²) < 4.78 is 0. The van der Waals surface area contributed by atoms with E-state index in [-0.39, 0.29) is 0 Å². The second kappa shape index (κ2) is 5.82. The lowest BCUT2D eigenvalue weighted by Crippen LogP contribution is -2.09. The molecule has 2 N–H and O–H groups in total. The Labute approximate surface area is 106 Å². The molecule has 1 aromatic carbocycles. The smallest absolute Gasteiger partial charge is 0.328 e. The topological polar surface area (TPSA) is 66.4 Å². The maximum absolute atomic E-state index is 11.4. The van der Waals surface area contributed by atoms with Gasteiger partial charge < -0.3 is 10.4 Å². The third-order valence-corrected chi connectivity index (χ3v) is 2.35. The summed E-state index contributed by atoms with van der Waals surface area (Å²) >= 11 is 0. The predicted molar refractivity (Wildman–Crippen MR) is 71.3 cm³/mol. The van der Waals surface area contributed by atoms with E-state index in [4.69, 9.17) is 5.11 Å². The molecule has 0 aliphatic rings. The molecule has 0 aliphatic carbocycles. The molecule has 0 fully saturated rings. The molecule has 0 unspecified atom stereocenters. The number of carboxylic acids is 1. The molecule has 4 heteroatoms. The molecule has 0 spiro atoms. The van der Waals surface area contributed by atoms with Gasteiger partial charge in [0.25, 0.3) is 0 Å². The monoisotopic (exact) mass is 245 g/mol. The highest BCUT2D eigenvalue weighted by Gasteiger charge is 2.03. The number of allylic oxidation sites excluding steroid dienone is 1. The van der Waals surface area contributed by atoms with E-state index >= 15 is 0 Å². The highest BCUT2D eigenvalue weighted by molar-refractivity contribution is 6.02. The van der Waals surface area contributed by atoms with E-state index in [1.54, 1.807) is 6.07 Å². The Bertz CT molecular complexity index is 530. The summed E-state index contributed by atoms with van der Waals surface area (Å²) in [7, 11) is 0. The maximum Gasteiger partial charge on any atom is 0.328 e. The lowest BCUT2D eigenvalue weighted by atomic mass is 10.0. The molecular formula is C14H15NO3. The van der Waals surface area contributed by atoms with Crippen molar-refractivity contribution in [3.63, 3.8) is 0 Å². The SMILES string of the molecule is C=C(C)c1ccc(NC(=O)C=CC(=O)O)c(C)c1. The number of aryl methyl sites for hydroxylation is 1. The van der Waals surface area contributed by atoms with Gasteiger partial charge in [-0.1, -0.05) is 18.2 Å². The molecule has 4 nitrogen and oxygen atoms in total. The third-order valence-electron chi connectivity index (χ3n) is 2.35. The number of hydrogen-bond donors (Lipinski definition) is 2. The highest BCUT2D eigenvalue weighted by atomic mass is 16.4. The average molecular weight is 245 g/mol. The second-order valence-electron chi connectivity index (χ2n) is 3.97. The number of carboxylic acid groups (broad SMARTS) is 1. The van der Waals surface area contributed by atoms with Crippen LogP contribution >= 0.6 is 0 Å². The van der Waals surface area contributed by atoms with Gasteiger partial charge in [0.05, 0.1) is 0 Å². The lowest BCUT2D eigenvalue weighted by Gasteiger charge is -2.08. The van der Waals surface area contributed by atoms with Gasteiger partial charge in [-0.3, -0.25) is 4.79 Å². The first kappa shape index (κ1) is 13.7. The van der Waals surface area contributed by atoms with Crippen molar-refractivity contribution in [1.29, 1.82) is 0 Å². The largest absolute Gasteiger partial charge is 0.478 e. The Hall–Kier alpha value is -2.36. The van der Waals surface area contributed by atoms with E-state index in [1.165, 1.54) is 0 Å². The Morgan fingerprint density at radius 2 is 2.00 bits per heavy atom. The van der Waals surface area contributed by atoms with E-state index < -0.39 is 11.9 Å². The van der Waals surface area contributed by atoms with Crippen LogP contribution in [-0.4, -0.2) is 17.0 Å². The molecule has 0 aliphatic heterocycles. The fourth-order valence-electron chi connectivity index (χ4n) is 1.39. The van der Waals surface area contributed by atoms with Crippen LogP contribution in [0.4, 0.5) is 5.69 Å². The first-order valence-electron chi connectivity index (χ1n) is 5.38. The molecule has 18 heavy (non-hydrogen) atoms. The van der Waals surface area contributed by atoms with Gasteiger partial charge >= 0.3 is 5.97 Å². The van der Waals surface area contributed by atoms with Crippen molar-refractivity contribution in [2.24, 2.45) is 0 Å².